The first kappa shape index (κ1) is 14.4. The van der Waals surface area contributed by atoms with Gasteiger partial charge < -0.3 is 10.1 Å². The van der Waals surface area contributed by atoms with Crippen LogP contribution in [0.2, 0.25) is 0 Å². The summed E-state index contributed by atoms with van der Waals surface area (Å²) in [4.78, 5) is 0. The number of rotatable bonds is 1. The van der Waals surface area contributed by atoms with Gasteiger partial charge in [0, 0.05) is 11.5 Å². The minimum absolute atomic E-state index is 0. The van der Waals surface area contributed by atoms with Crippen LogP contribution in [0.1, 0.15) is 43.2 Å². The Kier molecular flexibility index (Phi) is 3.85. The molecule has 3 heteroatoms. The maximum Gasteiger partial charge on any atom is 0.119 e. The molecule has 110 valence electrons. The molecular formula is C17H24BrNO. The number of ether oxygens (including phenoxy) is 1. The van der Waals surface area contributed by atoms with Crippen molar-refractivity contribution in [2.24, 2.45) is 5.92 Å². The monoisotopic (exact) mass is 337 g/mol. The average Bonchev–Trinajstić information content (AvgIpc) is 2.47. The van der Waals surface area contributed by atoms with E-state index in [1.165, 1.54) is 45.1 Å². The Hall–Kier alpha value is -0.540. The first-order chi connectivity index (χ1) is 9.33. The van der Waals surface area contributed by atoms with Gasteiger partial charge in [0.1, 0.15) is 5.75 Å². The minimum Gasteiger partial charge on any atom is -0.497 e. The van der Waals surface area contributed by atoms with Gasteiger partial charge in [-0.3, -0.25) is 0 Å². The van der Waals surface area contributed by atoms with E-state index < -0.39 is 0 Å². The predicted octanol–water partition coefficient (Wildman–Crippen LogP) is 3.62. The number of halogens is 1. The standard InChI is InChI=1S/C17H23NO.BrH/c1-19-13-6-5-12-10-16-14-4-2-3-7-17(14,8-9-18-16)15(12)11-13;/h5-6,11,14,16,18H,2-4,7-10H2,1H3;1H/t14-,16+,17+;/m0./s1. The SMILES string of the molecule is Br.COc1ccc2c(c1)[C@@]13CCCC[C@H]1[C@@H](C2)NCC3. The molecule has 0 spiro atoms. The topological polar surface area (TPSA) is 21.3 Å². The van der Waals surface area contributed by atoms with Crippen molar-refractivity contribution in [3.8, 4) is 5.75 Å². The molecule has 3 aliphatic rings. The number of nitrogens with one attached hydrogen (secondary N) is 1. The molecule has 0 aromatic heterocycles. The van der Waals surface area contributed by atoms with Crippen LogP contribution < -0.4 is 10.1 Å². The molecule has 1 aliphatic heterocycles. The van der Waals surface area contributed by atoms with E-state index >= 15 is 0 Å². The number of benzene rings is 1. The highest BCUT2D eigenvalue weighted by molar-refractivity contribution is 8.93. The molecule has 0 amide bonds. The van der Waals surface area contributed by atoms with Crippen molar-refractivity contribution in [1.29, 1.82) is 0 Å². The Labute approximate surface area is 132 Å². The van der Waals surface area contributed by atoms with Crippen molar-refractivity contribution in [2.45, 2.75) is 50.0 Å². The van der Waals surface area contributed by atoms with Gasteiger partial charge in [-0.25, -0.2) is 0 Å². The third kappa shape index (κ3) is 1.93. The van der Waals surface area contributed by atoms with E-state index in [2.05, 4.69) is 23.5 Å². The normalized spacial score (nSPS) is 34.5. The van der Waals surface area contributed by atoms with Gasteiger partial charge in [0.25, 0.3) is 0 Å². The number of fused-ring (bicyclic) bond motifs is 1. The molecule has 3 atom stereocenters. The van der Waals surface area contributed by atoms with E-state index in [-0.39, 0.29) is 17.0 Å². The molecule has 0 radical (unpaired) electrons. The fraction of sp³-hybridized carbons (Fsp3) is 0.647. The molecule has 1 saturated heterocycles. The smallest absolute Gasteiger partial charge is 0.119 e. The molecule has 2 aliphatic carbocycles. The lowest BCUT2D eigenvalue weighted by Gasteiger charge is -2.56. The van der Waals surface area contributed by atoms with E-state index in [0.29, 0.717) is 5.41 Å². The summed E-state index contributed by atoms with van der Waals surface area (Å²) in [6.07, 6.45) is 8.15. The van der Waals surface area contributed by atoms with Gasteiger partial charge in [-0.2, -0.15) is 0 Å². The van der Waals surface area contributed by atoms with Gasteiger partial charge >= 0.3 is 0 Å². The highest BCUT2D eigenvalue weighted by Gasteiger charge is 2.51. The molecule has 1 aromatic rings. The van der Waals surface area contributed by atoms with Crippen molar-refractivity contribution in [1.82, 2.24) is 5.32 Å². The lowest BCUT2D eigenvalue weighted by Crippen LogP contribution is -2.59. The predicted molar refractivity (Wildman–Crippen MR) is 87.1 cm³/mol. The molecule has 1 saturated carbocycles. The summed E-state index contributed by atoms with van der Waals surface area (Å²) >= 11 is 0. The molecule has 1 aromatic carbocycles. The van der Waals surface area contributed by atoms with E-state index in [4.69, 9.17) is 4.74 Å². The zero-order chi connectivity index (χ0) is 12.9. The van der Waals surface area contributed by atoms with E-state index in [9.17, 15) is 0 Å². The van der Waals surface area contributed by atoms with Crippen LogP contribution >= 0.6 is 17.0 Å². The largest absolute Gasteiger partial charge is 0.497 e. The second-order valence-corrected chi connectivity index (χ2v) is 6.55. The van der Waals surface area contributed by atoms with Crippen LogP contribution in [0.5, 0.6) is 5.75 Å². The van der Waals surface area contributed by atoms with Crippen LogP contribution in [0, 0.1) is 5.92 Å². The van der Waals surface area contributed by atoms with Gasteiger partial charge in [0.2, 0.25) is 0 Å². The molecule has 1 N–H and O–H groups in total. The zero-order valence-electron chi connectivity index (χ0n) is 12.2. The van der Waals surface area contributed by atoms with Crippen molar-refractivity contribution in [3.05, 3.63) is 29.3 Å². The Morgan fingerprint density at radius 2 is 2.15 bits per heavy atom. The highest BCUT2D eigenvalue weighted by atomic mass is 79.9. The lowest BCUT2D eigenvalue weighted by atomic mass is 9.53. The Morgan fingerprint density at radius 3 is 3.00 bits per heavy atom. The summed E-state index contributed by atoms with van der Waals surface area (Å²) in [5.41, 5.74) is 3.64. The van der Waals surface area contributed by atoms with Crippen LogP contribution in [0.25, 0.3) is 0 Å². The molecule has 2 bridgehead atoms. The summed E-state index contributed by atoms with van der Waals surface area (Å²) in [6, 6.07) is 7.50. The molecule has 4 rings (SSSR count). The fourth-order valence-electron chi connectivity index (χ4n) is 5.03. The number of hydrogen-bond acceptors (Lipinski definition) is 2. The third-order valence-corrected chi connectivity index (χ3v) is 5.85. The van der Waals surface area contributed by atoms with E-state index in [1.54, 1.807) is 18.2 Å². The lowest BCUT2D eigenvalue weighted by molar-refractivity contribution is 0.0795. The zero-order valence-corrected chi connectivity index (χ0v) is 13.9. The van der Waals surface area contributed by atoms with E-state index in [0.717, 1.165) is 17.7 Å². The number of methoxy groups -OCH3 is 1. The van der Waals surface area contributed by atoms with Crippen LogP contribution in [0.4, 0.5) is 0 Å². The van der Waals surface area contributed by atoms with Crippen molar-refractivity contribution in [3.63, 3.8) is 0 Å². The molecule has 1 heterocycles. The quantitative estimate of drug-likeness (QED) is 0.845. The van der Waals surface area contributed by atoms with Crippen LogP contribution in [0.3, 0.4) is 0 Å². The number of piperidine rings is 1. The Morgan fingerprint density at radius 1 is 1.25 bits per heavy atom. The van der Waals surface area contributed by atoms with Crippen LogP contribution in [0.15, 0.2) is 18.2 Å². The first-order valence-corrected chi connectivity index (χ1v) is 7.74. The summed E-state index contributed by atoms with van der Waals surface area (Å²) in [5.74, 6) is 1.89. The summed E-state index contributed by atoms with van der Waals surface area (Å²) < 4.78 is 5.48. The molecular weight excluding hydrogens is 314 g/mol. The second kappa shape index (κ2) is 5.34. The van der Waals surface area contributed by atoms with Gasteiger partial charge in [-0.05, 0) is 61.4 Å². The maximum atomic E-state index is 5.48. The number of hydrogen-bond donors (Lipinski definition) is 1. The summed E-state index contributed by atoms with van der Waals surface area (Å²) in [6.45, 7) is 1.19. The minimum atomic E-state index is 0. The second-order valence-electron chi connectivity index (χ2n) is 6.55. The van der Waals surface area contributed by atoms with Gasteiger partial charge in [-0.15, -0.1) is 17.0 Å². The molecule has 0 unspecified atom stereocenters. The van der Waals surface area contributed by atoms with Gasteiger partial charge in [0.15, 0.2) is 0 Å². The Balaban J connectivity index is 0.00000121. The van der Waals surface area contributed by atoms with Crippen molar-refractivity contribution in [2.75, 3.05) is 13.7 Å². The average molecular weight is 338 g/mol. The first-order valence-electron chi connectivity index (χ1n) is 7.74. The van der Waals surface area contributed by atoms with Gasteiger partial charge in [0.05, 0.1) is 7.11 Å². The van der Waals surface area contributed by atoms with E-state index in [1.807, 2.05) is 0 Å². The van der Waals surface area contributed by atoms with Crippen LogP contribution in [-0.4, -0.2) is 19.7 Å². The summed E-state index contributed by atoms with van der Waals surface area (Å²) in [7, 11) is 1.78. The van der Waals surface area contributed by atoms with Crippen molar-refractivity contribution >= 4 is 17.0 Å². The Bertz CT molecular complexity index is 500. The molecule has 20 heavy (non-hydrogen) atoms. The van der Waals surface area contributed by atoms with Gasteiger partial charge in [-0.1, -0.05) is 18.9 Å². The van der Waals surface area contributed by atoms with Crippen LogP contribution in [-0.2, 0) is 11.8 Å². The fourth-order valence-corrected chi connectivity index (χ4v) is 5.03. The highest BCUT2D eigenvalue weighted by Crippen LogP contribution is 2.54. The third-order valence-electron chi connectivity index (χ3n) is 5.85. The molecule has 2 nitrogen and oxygen atoms in total. The summed E-state index contributed by atoms with van der Waals surface area (Å²) in [5, 5.41) is 3.78. The maximum absolute atomic E-state index is 5.48. The molecule has 2 fully saturated rings. The van der Waals surface area contributed by atoms with Crippen molar-refractivity contribution < 1.29 is 4.74 Å².